The molecule has 1 amide bonds. The maximum absolute atomic E-state index is 11.7. The maximum Gasteiger partial charge on any atom is 0.230 e. The van der Waals surface area contributed by atoms with Gasteiger partial charge in [-0.3, -0.25) is 4.79 Å². The zero-order valence-corrected chi connectivity index (χ0v) is 12.0. The molecule has 0 aliphatic carbocycles. The van der Waals surface area contributed by atoms with Gasteiger partial charge in [-0.25, -0.2) is 0 Å². The second kappa shape index (κ2) is 7.03. The molecule has 2 N–H and O–H groups in total. The van der Waals surface area contributed by atoms with Crippen molar-refractivity contribution in [1.29, 1.82) is 0 Å². The van der Waals surface area contributed by atoms with Crippen LogP contribution < -0.4 is 5.32 Å². The lowest BCUT2D eigenvalue weighted by Gasteiger charge is -2.15. The monoisotopic (exact) mass is 273 g/mol. The minimum Gasteiger partial charge on any atom is -0.392 e. The van der Waals surface area contributed by atoms with Gasteiger partial charge in [-0.05, 0) is 25.3 Å². The van der Waals surface area contributed by atoms with E-state index in [0.29, 0.717) is 5.75 Å². The topological polar surface area (TPSA) is 49.3 Å². The molecule has 1 aromatic rings. The molecule has 3 atom stereocenters. The molecule has 3 nitrogen and oxygen atoms in total. The van der Waals surface area contributed by atoms with Crippen LogP contribution in [0.4, 0.5) is 0 Å². The summed E-state index contributed by atoms with van der Waals surface area (Å²) in [7, 11) is 0. The highest BCUT2D eigenvalue weighted by molar-refractivity contribution is 8.00. The van der Waals surface area contributed by atoms with Gasteiger partial charge in [-0.1, -0.05) is 13.0 Å². The zero-order chi connectivity index (χ0) is 12.8. The number of aliphatic hydroxyl groups excluding tert-OH is 1. The molecule has 0 bridgehead atoms. The molecule has 0 aromatic carbocycles. The van der Waals surface area contributed by atoms with Crippen molar-refractivity contribution in [3.63, 3.8) is 0 Å². The predicted molar refractivity (Wildman–Crippen MR) is 74.5 cm³/mol. The minimum absolute atomic E-state index is 0.0170. The Morgan fingerprint density at radius 1 is 1.53 bits per heavy atom. The highest BCUT2D eigenvalue weighted by atomic mass is 32.2. The van der Waals surface area contributed by atoms with Crippen molar-refractivity contribution in [2.75, 3.05) is 5.75 Å². The molecule has 0 aliphatic rings. The van der Waals surface area contributed by atoms with Gasteiger partial charge in [0.2, 0.25) is 5.91 Å². The van der Waals surface area contributed by atoms with E-state index >= 15 is 0 Å². The van der Waals surface area contributed by atoms with Gasteiger partial charge in [0, 0.05) is 10.1 Å². The van der Waals surface area contributed by atoms with Crippen LogP contribution in [-0.2, 0) is 4.79 Å². The number of amides is 1. The molecule has 0 unspecified atom stereocenters. The molecule has 1 heterocycles. The minimum atomic E-state index is -0.387. The first-order valence-corrected chi connectivity index (χ1v) is 7.56. The van der Waals surface area contributed by atoms with E-state index < -0.39 is 0 Å². The van der Waals surface area contributed by atoms with Gasteiger partial charge in [0.1, 0.15) is 0 Å². The fraction of sp³-hybridized carbons (Fsp3) is 0.583. The Labute approximate surface area is 111 Å². The van der Waals surface area contributed by atoms with Crippen LogP contribution in [0.5, 0.6) is 0 Å². The Kier molecular flexibility index (Phi) is 6.02. The molecular weight excluding hydrogens is 254 g/mol. The third-order valence-electron chi connectivity index (χ3n) is 2.50. The lowest BCUT2D eigenvalue weighted by atomic mass is 10.3. The first kappa shape index (κ1) is 14.5. The Hall–Kier alpha value is -0.520. The van der Waals surface area contributed by atoms with Crippen LogP contribution in [0.1, 0.15) is 31.7 Å². The Morgan fingerprint density at radius 3 is 2.76 bits per heavy atom. The highest BCUT2D eigenvalue weighted by Gasteiger charge is 2.14. The van der Waals surface area contributed by atoms with Gasteiger partial charge in [0.25, 0.3) is 0 Å². The summed E-state index contributed by atoms with van der Waals surface area (Å²) in [5.41, 5.74) is 0. The zero-order valence-electron chi connectivity index (χ0n) is 10.3. The molecule has 0 saturated heterocycles. The fourth-order valence-corrected chi connectivity index (χ4v) is 2.75. The van der Waals surface area contributed by atoms with Gasteiger partial charge >= 0.3 is 0 Å². The first-order chi connectivity index (χ1) is 8.00. The van der Waals surface area contributed by atoms with Crippen molar-refractivity contribution in [3.8, 4) is 0 Å². The van der Waals surface area contributed by atoms with Crippen molar-refractivity contribution in [3.05, 3.63) is 22.4 Å². The lowest BCUT2D eigenvalue weighted by Crippen LogP contribution is -2.29. The van der Waals surface area contributed by atoms with E-state index in [0.717, 1.165) is 4.88 Å². The highest BCUT2D eigenvalue weighted by Crippen LogP contribution is 2.19. The van der Waals surface area contributed by atoms with Crippen molar-refractivity contribution in [2.24, 2.45) is 0 Å². The van der Waals surface area contributed by atoms with Gasteiger partial charge in [-0.2, -0.15) is 0 Å². The molecule has 0 saturated carbocycles. The number of thioether (sulfide) groups is 1. The van der Waals surface area contributed by atoms with Crippen molar-refractivity contribution < 1.29 is 9.90 Å². The fourth-order valence-electron chi connectivity index (χ4n) is 1.24. The molecule has 1 aromatic heterocycles. The number of carbonyl (C=O) groups is 1. The van der Waals surface area contributed by atoms with Gasteiger partial charge in [0.15, 0.2) is 0 Å². The van der Waals surface area contributed by atoms with Crippen LogP contribution in [-0.4, -0.2) is 28.1 Å². The summed E-state index contributed by atoms with van der Waals surface area (Å²) in [4.78, 5) is 12.8. The third kappa shape index (κ3) is 5.10. The number of nitrogens with one attached hydrogen (secondary N) is 1. The molecular formula is C12H19NO2S2. The number of rotatable bonds is 6. The van der Waals surface area contributed by atoms with E-state index in [9.17, 15) is 9.90 Å². The Morgan fingerprint density at radius 2 is 2.24 bits per heavy atom. The van der Waals surface area contributed by atoms with E-state index in [-0.39, 0.29) is 23.3 Å². The molecule has 0 spiro atoms. The molecule has 0 fully saturated rings. The van der Waals surface area contributed by atoms with Gasteiger partial charge in [0.05, 0.1) is 17.9 Å². The van der Waals surface area contributed by atoms with Crippen LogP contribution in [0.2, 0.25) is 0 Å². The van der Waals surface area contributed by atoms with E-state index in [1.54, 1.807) is 18.3 Å². The normalized spacial score (nSPS) is 16.2. The van der Waals surface area contributed by atoms with Crippen molar-refractivity contribution in [2.45, 2.75) is 38.2 Å². The van der Waals surface area contributed by atoms with Crippen molar-refractivity contribution >= 4 is 29.0 Å². The lowest BCUT2D eigenvalue weighted by molar-refractivity contribution is -0.119. The standard InChI is InChI=1S/C12H19NO2S2/c1-8(11-5-4-6-16-11)13-12(15)7-17-10(3)9(2)14/h4-6,8-10,14H,7H2,1-3H3,(H,13,15)/t8-,9+,10+/m0/s1. The van der Waals surface area contributed by atoms with Crippen LogP contribution in [0.15, 0.2) is 17.5 Å². The van der Waals surface area contributed by atoms with E-state index in [1.807, 2.05) is 31.4 Å². The summed E-state index contributed by atoms with van der Waals surface area (Å²) < 4.78 is 0. The number of thiophene rings is 1. The maximum atomic E-state index is 11.7. The number of hydrogen-bond donors (Lipinski definition) is 2. The van der Waals surface area contributed by atoms with E-state index in [4.69, 9.17) is 0 Å². The smallest absolute Gasteiger partial charge is 0.230 e. The second-order valence-corrected chi connectivity index (χ2v) is 6.41. The Bertz CT molecular complexity index is 338. The van der Waals surface area contributed by atoms with Crippen LogP contribution in [0, 0.1) is 0 Å². The van der Waals surface area contributed by atoms with Crippen LogP contribution in [0.25, 0.3) is 0 Å². The molecule has 5 heteroatoms. The SMILES string of the molecule is C[C@H](NC(=O)CS[C@H](C)[C@@H](C)O)c1cccs1. The summed E-state index contributed by atoms with van der Waals surface area (Å²) in [5, 5.41) is 14.3. The molecule has 0 aliphatic heterocycles. The van der Waals surface area contributed by atoms with Crippen LogP contribution in [0.3, 0.4) is 0 Å². The molecule has 17 heavy (non-hydrogen) atoms. The molecule has 0 radical (unpaired) electrons. The van der Waals surface area contributed by atoms with Crippen molar-refractivity contribution in [1.82, 2.24) is 5.32 Å². The third-order valence-corrected chi connectivity index (χ3v) is 4.91. The first-order valence-electron chi connectivity index (χ1n) is 5.63. The van der Waals surface area contributed by atoms with E-state index in [2.05, 4.69) is 5.32 Å². The summed E-state index contributed by atoms with van der Waals surface area (Å²) in [6.45, 7) is 5.64. The van der Waals surface area contributed by atoms with Gasteiger partial charge in [-0.15, -0.1) is 23.1 Å². The summed E-state index contributed by atoms with van der Waals surface area (Å²) >= 11 is 3.11. The van der Waals surface area contributed by atoms with Crippen LogP contribution >= 0.6 is 23.1 Å². The van der Waals surface area contributed by atoms with Gasteiger partial charge < -0.3 is 10.4 Å². The average Bonchev–Trinajstić information content (AvgIpc) is 2.78. The molecule has 96 valence electrons. The van der Waals surface area contributed by atoms with E-state index in [1.165, 1.54) is 11.8 Å². The summed E-state index contributed by atoms with van der Waals surface area (Å²) in [6.07, 6.45) is -0.387. The Balaban J connectivity index is 2.30. The summed E-state index contributed by atoms with van der Waals surface area (Å²) in [5.74, 6) is 0.408. The number of aliphatic hydroxyl groups is 1. The number of hydrogen-bond acceptors (Lipinski definition) is 4. The predicted octanol–water partition coefficient (Wildman–Crippen LogP) is 2.43. The average molecular weight is 273 g/mol. The molecule has 1 rings (SSSR count). The summed E-state index contributed by atoms with van der Waals surface area (Å²) in [6, 6.07) is 4.05. The quantitative estimate of drug-likeness (QED) is 0.837. The number of carbonyl (C=O) groups excluding carboxylic acids is 1. The largest absolute Gasteiger partial charge is 0.392 e. The second-order valence-electron chi connectivity index (χ2n) is 4.06.